The van der Waals surface area contributed by atoms with Crippen molar-refractivity contribution in [3.63, 3.8) is 0 Å². The lowest BCUT2D eigenvalue weighted by atomic mass is 9.92. The van der Waals surface area contributed by atoms with Crippen LogP contribution in [-0.2, 0) is 0 Å². The van der Waals surface area contributed by atoms with Crippen LogP contribution in [0, 0.1) is 5.92 Å². The predicted molar refractivity (Wildman–Crippen MR) is 58.4 cm³/mol. The maximum atomic E-state index is 12.7. The Morgan fingerprint density at radius 1 is 0.684 bits per heavy atom. The van der Waals surface area contributed by atoms with Crippen molar-refractivity contribution in [1.82, 2.24) is 0 Å². The fraction of sp³-hybridized carbons (Fsp3) is 0.154. The van der Waals surface area contributed by atoms with Crippen LogP contribution < -0.4 is 0 Å². The van der Waals surface area contributed by atoms with Gasteiger partial charge in [0, 0.05) is 0 Å². The second-order valence-electron chi connectivity index (χ2n) is 3.90. The van der Waals surface area contributed by atoms with Gasteiger partial charge in [0.1, 0.15) is 0 Å². The zero-order valence-corrected chi connectivity index (χ0v) is 9.31. The van der Waals surface area contributed by atoms with Crippen LogP contribution in [0.1, 0.15) is 5.56 Å². The van der Waals surface area contributed by atoms with Gasteiger partial charge < -0.3 is 0 Å². The average molecular weight is 277 g/mol. The van der Waals surface area contributed by atoms with Gasteiger partial charge in [0.15, 0.2) is 0 Å². The van der Waals surface area contributed by atoms with E-state index in [1.54, 1.807) is 6.07 Å². The largest absolute Gasteiger partial charge is 0.408 e. The number of halogens is 6. The lowest BCUT2D eigenvalue weighted by Crippen LogP contribution is -2.35. The number of alkyl halides is 6. The van der Waals surface area contributed by atoms with Crippen LogP contribution in [0.5, 0.6) is 0 Å². The third-order valence-electron chi connectivity index (χ3n) is 2.63. The van der Waals surface area contributed by atoms with E-state index in [-0.39, 0.29) is 5.39 Å². The van der Waals surface area contributed by atoms with Crippen LogP contribution in [0.25, 0.3) is 10.8 Å². The van der Waals surface area contributed by atoms with Gasteiger partial charge in [-0.3, -0.25) is 0 Å². The monoisotopic (exact) mass is 277 g/mol. The van der Waals surface area contributed by atoms with Gasteiger partial charge >= 0.3 is 12.4 Å². The molecule has 0 unspecified atom stereocenters. The van der Waals surface area contributed by atoms with Gasteiger partial charge in [-0.05, 0) is 16.3 Å². The minimum atomic E-state index is -5.46. The highest BCUT2D eigenvalue weighted by Gasteiger charge is 2.59. The predicted octanol–water partition coefficient (Wildman–Crippen LogP) is 4.89. The Labute approximate surface area is 104 Å². The molecule has 0 bridgehead atoms. The normalized spacial score (nSPS) is 13.2. The molecular weight excluding hydrogens is 270 g/mol. The Balaban J connectivity index is 2.70. The summed E-state index contributed by atoms with van der Waals surface area (Å²) in [5.41, 5.74) is -0.849. The smallest absolute Gasteiger partial charge is 0.170 e. The molecule has 2 aromatic rings. The zero-order chi connectivity index (χ0) is 14.3. The van der Waals surface area contributed by atoms with Crippen molar-refractivity contribution in [1.29, 1.82) is 0 Å². The van der Waals surface area contributed by atoms with E-state index < -0.39 is 23.8 Å². The molecule has 0 aliphatic carbocycles. The van der Waals surface area contributed by atoms with E-state index in [2.05, 4.69) is 0 Å². The average Bonchev–Trinajstić information content (AvgIpc) is 2.25. The fourth-order valence-corrected chi connectivity index (χ4v) is 1.91. The first-order valence-corrected chi connectivity index (χ1v) is 5.21. The van der Waals surface area contributed by atoms with Crippen LogP contribution in [0.3, 0.4) is 0 Å². The molecule has 2 rings (SSSR count). The van der Waals surface area contributed by atoms with Crippen molar-refractivity contribution in [3.05, 3.63) is 53.9 Å². The maximum absolute atomic E-state index is 12.7. The molecule has 0 saturated heterocycles. The van der Waals surface area contributed by atoms with E-state index in [0.717, 1.165) is 6.07 Å². The Bertz CT molecular complexity index is 562. The van der Waals surface area contributed by atoms with Crippen molar-refractivity contribution in [2.24, 2.45) is 0 Å². The van der Waals surface area contributed by atoms with Gasteiger partial charge in [0.2, 0.25) is 5.92 Å². The molecule has 0 N–H and O–H groups in total. The molecule has 101 valence electrons. The molecule has 0 nitrogen and oxygen atoms in total. The van der Waals surface area contributed by atoms with E-state index in [1.807, 2.05) is 0 Å². The second kappa shape index (κ2) is 4.43. The maximum Gasteiger partial charge on any atom is 0.408 e. The minimum absolute atomic E-state index is 0.0744. The van der Waals surface area contributed by atoms with Crippen LogP contribution in [0.4, 0.5) is 26.3 Å². The number of benzene rings is 2. The van der Waals surface area contributed by atoms with E-state index in [4.69, 9.17) is 0 Å². The zero-order valence-electron chi connectivity index (χ0n) is 9.31. The minimum Gasteiger partial charge on any atom is -0.170 e. The van der Waals surface area contributed by atoms with E-state index in [9.17, 15) is 26.3 Å². The number of hydrogen-bond acceptors (Lipinski definition) is 0. The summed E-state index contributed by atoms with van der Waals surface area (Å²) >= 11 is 0. The molecule has 0 spiro atoms. The number of rotatable bonds is 1. The Hall–Kier alpha value is -1.72. The van der Waals surface area contributed by atoms with E-state index in [0.29, 0.717) is 5.39 Å². The molecule has 6 heteroatoms. The molecule has 0 saturated carbocycles. The van der Waals surface area contributed by atoms with Crippen molar-refractivity contribution >= 4 is 10.8 Å². The van der Waals surface area contributed by atoms with Crippen molar-refractivity contribution in [2.75, 3.05) is 0 Å². The first kappa shape index (κ1) is 13.7. The topological polar surface area (TPSA) is 0 Å². The summed E-state index contributed by atoms with van der Waals surface area (Å²) in [4.78, 5) is 0. The molecular formula is C13H7F6. The lowest BCUT2D eigenvalue weighted by Gasteiger charge is -2.23. The molecule has 0 aliphatic heterocycles. The summed E-state index contributed by atoms with van der Waals surface area (Å²) in [7, 11) is 0. The van der Waals surface area contributed by atoms with Gasteiger partial charge in [-0.2, -0.15) is 26.3 Å². The summed E-state index contributed by atoms with van der Waals surface area (Å²) in [6.07, 6.45) is -10.9. The highest BCUT2D eigenvalue weighted by atomic mass is 19.4. The van der Waals surface area contributed by atoms with Crippen LogP contribution >= 0.6 is 0 Å². The third kappa shape index (κ3) is 2.67. The Morgan fingerprint density at radius 3 is 1.79 bits per heavy atom. The molecule has 1 radical (unpaired) electrons. The molecule has 2 aromatic carbocycles. The van der Waals surface area contributed by atoms with Gasteiger partial charge in [0.05, 0.1) is 0 Å². The molecule has 0 aromatic heterocycles. The fourth-order valence-electron chi connectivity index (χ4n) is 1.91. The second-order valence-corrected chi connectivity index (χ2v) is 3.90. The standard InChI is InChI=1S/C13H7F6/c14-12(15,16)11(13(17,18)19)10-7-3-5-8-4-1-2-6-9(8)10/h1-7H. The summed E-state index contributed by atoms with van der Waals surface area (Å²) < 4.78 is 76.0. The Morgan fingerprint density at radius 2 is 1.21 bits per heavy atom. The van der Waals surface area contributed by atoms with Crippen LogP contribution in [-0.4, -0.2) is 12.4 Å². The van der Waals surface area contributed by atoms with E-state index >= 15 is 0 Å². The first-order chi connectivity index (χ1) is 8.71. The molecule has 0 atom stereocenters. The van der Waals surface area contributed by atoms with Crippen molar-refractivity contribution in [2.45, 2.75) is 12.4 Å². The van der Waals surface area contributed by atoms with Crippen LogP contribution in [0.2, 0.25) is 0 Å². The van der Waals surface area contributed by atoms with Crippen LogP contribution in [0.15, 0.2) is 42.5 Å². The van der Waals surface area contributed by atoms with E-state index in [1.165, 1.54) is 30.3 Å². The molecule has 0 aliphatic rings. The third-order valence-corrected chi connectivity index (χ3v) is 2.63. The van der Waals surface area contributed by atoms with Crippen molar-refractivity contribution in [3.8, 4) is 0 Å². The lowest BCUT2D eigenvalue weighted by molar-refractivity contribution is -0.197. The summed E-state index contributed by atoms with van der Waals surface area (Å²) in [6, 6.07) is 9.12. The SMILES string of the molecule is FC(F)(F)[C](c1cccc2ccccc12)C(F)(F)F. The summed E-state index contributed by atoms with van der Waals surface area (Å²) in [5.74, 6) is -2.48. The van der Waals surface area contributed by atoms with Gasteiger partial charge in [0.25, 0.3) is 0 Å². The number of hydrogen-bond donors (Lipinski definition) is 0. The summed E-state index contributed by atoms with van der Waals surface area (Å²) in [6.45, 7) is 0. The molecule has 0 heterocycles. The van der Waals surface area contributed by atoms with Gasteiger partial charge in [-0.15, -0.1) is 0 Å². The van der Waals surface area contributed by atoms with Gasteiger partial charge in [-0.25, -0.2) is 0 Å². The quantitative estimate of drug-likeness (QED) is 0.651. The first-order valence-electron chi connectivity index (χ1n) is 5.21. The molecule has 0 amide bonds. The number of fused-ring (bicyclic) bond motifs is 1. The Kier molecular flexibility index (Phi) is 3.20. The molecule has 0 fully saturated rings. The highest BCUT2D eigenvalue weighted by Crippen LogP contribution is 2.47. The summed E-state index contributed by atoms with van der Waals surface area (Å²) in [5, 5.41) is 0.251. The molecule has 19 heavy (non-hydrogen) atoms. The highest BCUT2D eigenvalue weighted by molar-refractivity contribution is 5.87. The van der Waals surface area contributed by atoms with Crippen molar-refractivity contribution < 1.29 is 26.3 Å². The van der Waals surface area contributed by atoms with Gasteiger partial charge in [-0.1, -0.05) is 42.5 Å².